The first-order valence-electron chi connectivity index (χ1n) is 7.22. The van der Waals surface area contributed by atoms with Gasteiger partial charge in [0.1, 0.15) is 11.3 Å². The van der Waals surface area contributed by atoms with E-state index >= 15 is 0 Å². The number of nitrogens with one attached hydrogen (secondary N) is 2. The van der Waals surface area contributed by atoms with E-state index in [2.05, 4.69) is 10.3 Å². The first kappa shape index (κ1) is 14.5. The number of aromatic amines is 1. The van der Waals surface area contributed by atoms with Gasteiger partial charge in [-0.25, -0.2) is 4.79 Å². The average Bonchev–Trinajstić information content (AvgIpc) is 2.98. The number of H-pyrrole nitrogens is 1. The summed E-state index contributed by atoms with van der Waals surface area (Å²) < 4.78 is 5.07. The molecule has 1 amide bonds. The maximum Gasteiger partial charge on any atom is 0.336 e. The summed E-state index contributed by atoms with van der Waals surface area (Å²) in [5.74, 6) is -0.265. The summed E-state index contributed by atoms with van der Waals surface area (Å²) in [4.78, 5) is 26.7. The molecule has 0 radical (unpaired) electrons. The SMILES string of the molecule is O=C(Nc1ccc2oc(=O)ccc2c1)c1cc2cc(Cl)ccc2[nH]1. The molecule has 0 unspecified atom stereocenters. The van der Waals surface area contributed by atoms with Crippen molar-refractivity contribution in [1.29, 1.82) is 0 Å². The Morgan fingerprint density at radius 1 is 1.00 bits per heavy atom. The summed E-state index contributed by atoms with van der Waals surface area (Å²) in [5, 5.41) is 5.03. The van der Waals surface area contributed by atoms with Gasteiger partial charge in [-0.3, -0.25) is 4.79 Å². The summed E-state index contributed by atoms with van der Waals surface area (Å²) >= 11 is 5.96. The van der Waals surface area contributed by atoms with Crippen LogP contribution in [0, 0.1) is 0 Å². The second-order valence-electron chi connectivity index (χ2n) is 5.38. The maximum atomic E-state index is 12.4. The quantitative estimate of drug-likeness (QED) is 0.538. The number of aromatic nitrogens is 1. The van der Waals surface area contributed by atoms with Crippen LogP contribution in [0.4, 0.5) is 5.69 Å². The minimum absolute atomic E-state index is 0.265. The predicted molar refractivity (Wildman–Crippen MR) is 93.7 cm³/mol. The van der Waals surface area contributed by atoms with Crippen molar-refractivity contribution in [1.82, 2.24) is 4.98 Å². The Kier molecular flexibility index (Phi) is 3.36. The van der Waals surface area contributed by atoms with Crippen LogP contribution in [-0.4, -0.2) is 10.9 Å². The van der Waals surface area contributed by atoms with Crippen molar-refractivity contribution in [2.75, 3.05) is 5.32 Å². The van der Waals surface area contributed by atoms with Gasteiger partial charge in [0, 0.05) is 33.1 Å². The Bertz CT molecular complexity index is 1140. The van der Waals surface area contributed by atoms with E-state index < -0.39 is 5.63 Å². The lowest BCUT2D eigenvalue weighted by Gasteiger charge is -2.04. The Morgan fingerprint density at radius 3 is 2.75 bits per heavy atom. The van der Waals surface area contributed by atoms with Crippen LogP contribution in [0.3, 0.4) is 0 Å². The highest BCUT2D eigenvalue weighted by Crippen LogP contribution is 2.22. The lowest BCUT2D eigenvalue weighted by atomic mass is 10.2. The number of rotatable bonds is 2. The maximum absolute atomic E-state index is 12.4. The third kappa shape index (κ3) is 2.66. The number of carbonyl (C=O) groups excluding carboxylic acids is 1. The molecule has 24 heavy (non-hydrogen) atoms. The van der Waals surface area contributed by atoms with E-state index in [1.807, 2.05) is 6.07 Å². The van der Waals surface area contributed by atoms with Crippen molar-refractivity contribution >= 4 is 45.1 Å². The summed E-state index contributed by atoms with van der Waals surface area (Å²) in [6.45, 7) is 0. The Morgan fingerprint density at radius 2 is 1.88 bits per heavy atom. The van der Waals surface area contributed by atoms with Gasteiger partial charge in [0.15, 0.2) is 0 Å². The number of carbonyl (C=O) groups is 1. The second kappa shape index (κ2) is 5.54. The van der Waals surface area contributed by atoms with Crippen molar-refractivity contribution in [2.24, 2.45) is 0 Å². The minimum Gasteiger partial charge on any atom is -0.423 e. The van der Waals surface area contributed by atoms with Crippen molar-refractivity contribution in [3.8, 4) is 0 Å². The van der Waals surface area contributed by atoms with E-state index in [4.69, 9.17) is 16.0 Å². The first-order chi connectivity index (χ1) is 11.6. The van der Waals surface area contributed by atoms with Crippen molar-refractivity contribution in [3.05, 3.63) is 75.7 Å². The summed E-state index contributed by atoms with van der Waals surface area (Å²) in [6, 6.07) is 15.2. The number of amides is 1. The van der Waals surface area contributed by atoms with Crippen LogP contribution in [0.1, 0.15) is 10.5 Å². The number of halogens is 1. The standard InChI is InChI=1S/C18H11ClN2O3/c19-12-2-4-14-11(7-12)9-15(21-14)18(23)20-13-3-5-16-10(8-13)1-6-17(22)24-16/h1-9,21H,(H,20,23). The molecule has 0 aliphatic carbocycles. The smallest absolute Gasteiger partial charge is 0.336 e. The number of hydrogen-bond acceptors (Lipinski definition) is 3. The van der Waals surface area contributed by atoms with Gasteiger partial charge in [0.25, 0.3) is 5.91 Å². The van der Waals surface area contributed by atoms with Crippen molar-refractivity contribution in [3.63, 3.8) is 0 Å². The van der Waals surface area contributed by atoms with Gasteiger partial charge in [0.05, 0.1) is 0 Å². The van der Waals surface area contributed by atoms with Gasteiger partial charge in [-0.2, -0.15) is 0 Å². The molecule has 5 nitrogen and oxygen atoms in total. The minimum atomic E-state index is -0.406. The van der Waals surface area contributed by atoms with Gasteiger partial charge < -0.3 is 14.7 Å². The van der Waals surface area contributed by atoms with E-state index in [1.54, 1.807) is 42.5 Å². The molecule has 6 heteroatoms. The van der Waals surface area contributed by atoms with Crippen molar-refractivity contribution < 1.29 is 9.21 Å². The largest absolute Gasteiger partial charge is 0.423 e. The Labute approximate surface area is 140 Å². The first-order valence-corrected chi connectivity index (χ1v) is 7.60. The van der Waals surface area contributed by atoms with Crippen LogP contribution >= 0.6 is 11.6 Å². The zero-order chi connectivity index (χ0) is 16.7. The van der Waals surface area contributed by atoms with Crippen LogP contribution in [-0.2, 0) is 0 Å². The van der Waals surface area contributed by atoms with Crippen LogP contribution < -0.4 is 10.9 Å². The zero-order valence-electron chi connectivity index (χ0n) is 12.3. The van der Waals surface area contributed by atoms with Gasteiger partial charge in [-0.15, -0.1) is 0 Å². The zero-order valence-corrected chi connectivity index (χ0v) is 13.1. The van der Waals surface area contributed by atoms with E-state index in [0.717, 1.165) is 16.3 Å². The van der Waals surface area contributed by atoms with Crippen LogP contribution in [0.25, 0.3) is 21.9 Å². The van der Waals surface area contributed by atoms with E-state index in [0.29, 0.717) is 22.0 Å². The number of hydrogen-bond donors (Lipinski definition) is 2. The third-order valence-electron chi connectivity index (χ3n) is 3.70. The fourth-order valence-electron chi connectivity index (χ4n) is 2.57. The molecule has 4 aromatic rings. The molecular formula is C18H11ClN2O3. The molecule has 2 heterocycles. The molecule has 0 fully saturated rings. The molecule has 118 valence electrons. The van der Waals surface area contributed by atoms with Crippen LogP contribution in [0.5, 0.6) is 0 Å². The van der Waals surface area contributed by atoms with Gasteiger partial charge in [0.2, 0.25) is 0 Å². The normalized spacial score (nSPS) is 11.0. The summed E-state index contributed by atoms with van der Waals surface area (Å²) in [5.41, 5.74) is 1.95. The molecule has 0 bridgehead atoms. The lowest BCUT2D eigenvalue weighted by Crippen LogP contribution is -2.12. The van der Waals surface area contributed by atoms with E-state index in [-0.39, 0.29) is 5.91 Å². The highest BCUT2D eigenvalue weighted by molar-refractivity contribution is 6.31. The predicted octanol–water partition coefficient (Wildman–Crippen LogP) is 4.18. The third-order valence-corrected chi connectivity index (χ3v) is 3.94. The molecule has 4 rings (SSSR count). The van der Waals surface area contributed by atoms with Gasteiger partial charge in [-0.1, -0.05) is 11.6 Å². The highest BCUT2D eigenvalue weighted by Gasteiger charge is 2.10. The molecule has 2 N–H and O–H groups in total. The average molecular weight is 339 g/mol. The molecule has 2 aromatic heterocycles. The molecule has 0 aliphatic rings. The molecule has 0 aliphatic heterocycles. The van der Waals surface area contributed by atoms with Crippen LogP contribution in [0.2, 0.25) is 5.02 Å². The molecule has 0 spiro atoms. The fraction of sp³-hybridized carbons (Fsp3) is 0. The lowest BCUT2D eigenvalue weighted by molar-refractivity contribution is 0.102. The monoisotopic (exact) mass is 338 g/mol. The van der Waals surface area contributed by atoms with E-state index in [9.17, 15) is 9.59 Å². The van der Waals surface area contributed by atoms with Gasteiger partial charge >= 0.3 is 5.63 Å². The number of fused-ring (bicyclic) bond motifs is 2. The number of benzene rings is 2. The van der Waals surface area contributed by atoms with Gasteiger partial charge in [-0.05, 0) is 48.5 Å². The van der Waals surface area contributed by atoms with Crippen LogP contribution in [0.15, 0.2) is 63.8 Å². The Balaban J connectivity index is 1.64. The number of anilines is 1. The van der Waals surface area contributed by atoms with E-state index in [1.165, 1.54) is 6.07 Å². The highest BCUT2D eigenvalue weighted by atomic mass is 35.5. The molecule has 0 atom stereocenters. The molecule has 0 saturated carbocycles. The molecular weight excluding hydrogens is 328 g/mol. The summed E-state index contributed by atoms with van der Waals surface area (Å²) in [7, 11) is 0. The summed E-state index contributed by atoms with van der Waals surface area (Å²) in [6.07, 6.45) is 0. The topological polar surface area (TPSA) is 75.1 Å². The second-order valence-corrected chi connectivity index (χ2v) is 5.81. The fourth-order valence-corrected chi connectivity index (χ4v) is 2.75. The Hall–Kier alpha value is -3.05. The molecule has 0 saturated heterocycles. The van der Waals surface area contributed by atoms with Crippen molar-refractivity contribution in [2.45, 2.75) is 0 Å². The molecule has 2 aromatic carbocycles.